The molecule has 5 saturated carbocycles. The fourth-order valence-electron chi connectivity index (χ4n) is 8.05. The van der Waals surface area contributed by atoms with E-state index >= 15 is 0 Å². The summed E-state index contributed by atoms with van der Waals surface area (Å²) in [5.41, 5.74) is 1.01. The van der Waals surface area contributed by atoms with Crippen LogP contribution in [0.1, 0.15) is 77.0 Å². The zero-order valence-electron chi connectivity index (χ0n) is 19.9. The first-order valence-corrected chi connectivity index (χ1v) is 13.6. The Hall–Kier alpha value is -1.75. The maximum Gasteiger partial charge on any atom is 0.226 e. The molecular formula is C28H40N2O3. The summed E-state index contributed by atoms with van der Waals surface area (Å²) in [5, 5.41) is 14.0. The Balaban J connectivity index is 1.06. The van der Waals surface area contributed by atoms with Crippen LogP contribution in [-0.2, 0) is 4.79 Å². The predicted octanol–water partition coefficient (Wildman–Crippen LogP) is 4.67. The number of anilines is 1. The van der Waals surface area contributed by atoms with Gasteiger partial charge in [-0.1, -0.05) is 6.42 Å². The van der Waals surface area contributed by atoms with E-state index in [0.29, 0.717) is 23.9 Å². The van der Waals surface area contributed by atoms with Crippen molar-refractivity contribution in [3.8, 4) is 5.75 Å². The molecule has 3 atom stereocenters. The number of benzene rings is 1. The van der Waals surface area contributed by atoms with E-state index in [0.717, 1.165) is 63.8 Å². The summed E-state index contributed by atoms with van der Waals surface area (Å²) in [5.74, 6) is 2.60. The van der Waals surface area contributed by atoms with Crippen LogP contribution in [0.25, 0.3) is 0 Å². The van der Waals surface area contributed by atoms with E-state index in [-0.39, 0.29) is 23.5 Å². The number of rotatable bonds is 5. The molecule has 3 unspecified atom stereocenters. The molecule has 1 aromatic carbocycles. The first kappa shape index (κ1) is 21.8. The zero-order chi connectivity index (χ0) is 22.4. The molecule has 33 heavy (non-hydrogen) atoms. The molecule has 1 heterocycles. The molecule has 6 fully saturated rings. The molecule has 2 N–H and O–H groups in total. The van der Waals surface area contributed by atoms with Crippen LogP contribution in [0.4, 0.5) is 5.69 Å². The van der Waals surface area contributed by atoms with E-state index in [2.05, 4.69) is 34.5 Å². The third-order valence-corrected chi connectivity index (χ3v) is 9.52. The maximum absolute atomic E-state index is 13.5. The number of ether oxygens (including phenoxy) is 1. The van der Waals surface area contributed by atoms with Crippen molar-refractivity contribution in [3.63, 3.8) is 0 Å². The molecule has 1 amide bonds. The van der Waals surface area contributed by atoms with Gasteiger partial charge >= 0.3 is 0 Å². The van der Waals surface area contributed by atoms with Gasteiger partial charge in [-0.25, -0.2) is 0 Å². The number of aliphatic hydroxyl groups is 1. The van der Waals surface area contributed by atoms with Crippen LogP contribution in [0.15, 0.2) is 24.3 Å². The molecule has 180 valence electrons. The van der Waals surface area contributed by atoms with Crippen molar-refractivity contribution < 1.29 is 14.6 Å². The van der Waals surface area contributed by atoms with Gasteiger partial charge in [0.05, 0.1) is 17.6 Å². The molecule has 7 rings (SSSR count). The number of piperidine rings is 1. The highest BCUT2D eigenvalue weighted by Gasteiger charge is 2.58. The second kappa shape index (κ2) is 8.79. The quantitative estimate of drug-likeness (QED) is 0.682. The number of carbonyl (C=O) groups is 1. The van der Waals surface area contributed by atoms with Crippen molar-refractivity contribution in [2.45, 2.75) is 95.3 Å². The SMILES string of the molecule is O=C(NC1CCCN(c2ccc(OC3CCCCC3)cc2)C1)C12CC3CC(C1)C(O)C(C3)C2. The topological polar surface area (TPSA) is 61.8 Å². The summed E-state index contributed by atoms with van der Waals surface area (Å²) >= 11 is 0. The minimum absolute atomic E-state index is 0.169. The number of nitrogens with zero attached hydrogens (tertiary/aromatic N) is 1. The summed E-state index contributed by atoms with van der Waals surface area (Å²) in [7, 11) is 0. The molecule has 5 nitrogen and oxygen atoms in total. The van der Waals surface area contributed by atoms with Crippen molar-refractivity contribution in [3.05, 3.63) is 24.3 Å². The van der Waals surface area contributed by atoms with Crippen LogP contribution in [-0.4, -0.2) is 42.4 Å². The first-order valence-electron chi connectivity index (χ1n) is 13.6. The van der Waals surface area contributed by atoms with Gasteiger partial charge in [0, 0.05) is 24.8 Å². The highest BCUT2D eigenvalue weighted by Crippen LogP contribution is 2.60. The van der Waals surface area contributed by atoms with Crippen LogP contribution in [0, 0.1) is 23.2 Å². The summed E-state index contributed by atoms with van der Waals surface area (Å²) in [4.78, 5) is 15.9. The van der Waals surface area contributed by atoms with E-state index < -0.39 is 0 Å². The van der Waals surface area contributed by atoms with E-state index in [4.69, 9.17) is 4.74 Å². The van der Waals surface area contributed by atoms with Gasteiger partial charge in [0.1, 0.15) is 5.75 Å². The number of amides is 1. The average Bonchev–Trinajstić information content (AvgIpc) is 2.83. The normalized spacial score (nSPS) is 38.3. The van der Waals surface area contributed by atoms with E-state index in [1.54, 1.807) is 0 Å². The number of nitrogens with one attached hydrogen (secondary N) is 1. The van der Waals surface area contributed by atoms with Crippen molar-refractivity contribution in [2.75, 3.05) is 18.0 Å². The van der Waals surface area contributed by atoms with Crippen molar-refractivity contribution in [1.29, 1.82) is 0 Å². The molecule has 1 aromatic rings. The third-order valence-electron chi connectivity index (χ3n) is 9.52. The highest BCUT2D eigenvalue weighted by atomic mass is 16.5. The lowest BCUT2D eigenvalue weighted by Crippen LogP contribution is -2.60. The van der Waals surface area contributed by atoms with Crippen molar-refractivity contribution in [1.82, 2.24) is 5.32 Å². The monoisotopic (exact) mass is 452 g/mol. The Morgan fingerprint density at radius 2 is 1.70 bits per heavy atom. The van der Waals surface area contributed by atoms with E-state index in [1.165, 1.54) is 37.8 Å². The summed E-state index contributed by atoms with van der Waals surface area (Å²) in [6.07, 6.45) is 13.7. The third kappa shape index (κ3) is 4.26. The number of carbonyl (C=O) groups excluding carboxylic acids is 1. The Labute approximate surface area is 198 Å². The molecule has 1 saturated heterocycles. The molecule has 1 aliphatic heterocycles. The molecule has 4 bridgehead atoms. The van der Waals surface area contributed by atoms with Crippen LogP contribution < -0.4 is 15.0 Å². The molecule has 0 radical (unpaired) electrons. The molecule has 5 aliphatic carbocycles. The molecule has 0 aromatic heterocycles. The largest absolute Gasteiger partial charge is 0.490 e. The lowest BCUT2D eigenvalue weighted by Gasteiger charge is -2.58. The summed E-state index contributed by atoms with van der Waals surface area (Å²) in [6.45, 7) is 1.92. The fraction of sp³-hybridized carbons (Fsp3) is 0.750. The van der Waals surface area contributed by atoms with Gasteiger partial charge in [-0.3, -0.25) is 4.79 Å². The standard InChI is InChI=1S/C28H40N2O3/c31-26-20-13-19-14-21(26)17-28(15-19,16-20)27(32)29-22-5-4-12-30(18-22)23-8-10-25(11-9-23)33-24-6-2-1-3-7-24/h8-11,19-22,24,26,31H,1-7,12-18H2,(H,29,32). The van der Waals surface area contributed by atoms with Gasteiger partial charge in [0.25, 0.3) is 0 Å². The smallest absolute Gasteiger partial charge is 0.226 e. The van der Waals surface area contributed by atoms with E-state index in [1.807, 2.05) is 0 Å². The van der Waals surface area contributed by atoms with E-state index in [9.17, 15) is 9.90 Å². The lowest BCUT2D eigenvalue weighted by atomic mass is 9.48. The number of hydrogen-bond donors (Lipinski definition) is 2. The Morgan fingerprint density at radius 1 is 0.970 bits per heavy atom. The molecule has 6 aliphatic rings. The second-order valence-corrected chi connectivity index (χ2v) is 11.9. The van der Waals surface area contributed by atoms with Crippen LogP contribution >= 0.6 is 0 Å². The Morgan fingerprint density at radius 3 is 2.42 bits per heavy atom. The first-order chi connectivity index (χ1) is 16.1. The summed E-state index contributed by atoms with van der Waals surface area (Å²) in [6, 6.07) is 8.81. The minimum atomic E-state index is -0.212. The predicted molar refractivity (Wildman–Crippen MR) is 129 cm³/mol. The molecular weight excluding hydrogens is 412 g/mol. The van der Waals surface area contributed by atoms with Crippen LogP contribution in [0.5, 0.6) is 5.75 Å². The van der Waals surface area contributed by atoms with Gasteiger partial charge in [-0.15, -0.1) is 0 Å². The molecule has 0 spiro atoms. The van der Waals surface area contributed by atoms with Crippen molar-refractivity contribution in [2.24, 2.45) is 23.2 Å². The van der Waals surface area contributed by atoms with Gasteiger partial charge in [0.15, 0.2) is 0 Å². The summed E-state index contributed by atoms with van der Waals surface area (Å²) < 4.78 is 6.20. The second-order valence-electron chi connectivity index (χ2n) is 11.9. The Bertz CT molecular complexity index is 833. The van der Waals surface area contributed by atoms with Gasteiger partial charge in [-0.05, 0) is 113 Å². The highest BCUT2D eigenvalue weighted by molar-refractivity contribution is 5.83. The zero-order valence-corrected chi connectivity index (χ0v) is 19.9. The van der Waals surface area contributed by atoms with Gasteiger partial charge in [0.2, 0.25) is 5.91 Å². The maximum atomic E-state index is 13.5. The van der Waals surface area contributed by atoms with Gasteiger partial charge < -0.3 is 20.1 Å². The number of aliphatic hydroxyl groups excluding tert-OH is 1. The fourth-order valence-corrected chi connectivity index (χ4v) is 8.05. The van der Waals surface area contributed by atoms with Gasteiger partial charge in [-0.2, -0.15) is 0 Å². The Kier molecular flexibility index (Phi) is 5.80. The number of hydrogen-bond acceptors (Lipinski definition) is 4. The lowest BCUT2D eigenvalue weighted by molar-refractivity contribution is -0.163. The minimum Gasteiger partial charge on any atom is -0.490 e. The van der Waals surface area contributed by atoms with Crippen LogP contribution in [0.2, 0.25) is 0 Å². The molecule has 5 heteroatoms. The average molecular weight is 453 g/mol. The van der Waals surface area contributed by atoms with Crippen molar-refractivity contribution >= 4 is 11.6 Å². The van der Waals surface area contributed by atoms with Crippen LogP contribution in [0.3, 0.4) is 0 Å².